The predicted molar refractivity (Wildman–Crippen MR) is 86.7 cm³/mol. The lowest BCUT2D eigenvalue weighted by atomic mass is 10.1. The van der Waals surface area contributed by atoms with Crippen molar-refractivity contribution in [1.82, 2.24) is 15.3 Å². The Bertz CT molecular complexity index is 463. The molecular weight excluding hydrogens is 266 g/mol. The summed E-state index contributed by atoms with van der Waals surface area (Å²) in [6.07, 6.45) is 3.52. The van der Waals surface area contributed by atoms with Gasteiger partial charge in [0.1, 0.15) is 18.0 Å². The van der Waals surface area contributed by atoms with Crippen LogP contribution in [-0.4, -0.2) is 43.1 Å². The van der Waals surface area contributed by atoms with Gasteiger partial charge in [-0.2, -0.15) is 0 Å². The van der Waals surface area contributed by atoms with Crippen LogP contribution in [0.3, 0.4) is 0 Å². The molecule has 1 unspecified atom stereocenters. The topological polar surface area (TPSA) is 70.2 Å². The second-order valence-electron chi connectivity index (χ2n) is 5.20. The third kappa shape index (κ3) is 4.58. The van der Waals surface area contributed by atoms with Gasteiger partial charge in [-0.15, -0.1) is 0 Å². The zero-order valence-corrected chi connectivity index (χ0v) is 13.7. The van der Waals surface area contributed by atoms with E-state index in [2.05, 4.69) is 34.4 Å². The number of nitrogens with one attached hydrogen (secondary N) is 2. The molecule has 2 N–H and O–H groups in total. The molecule has 6 heteroatoms. The molecule has 1 heterocycles. The maximum atomic E-state index is 11.7. The summed E-state index contributed by atoms with van der Waals surface area (Å²) >= 11 is 0. The van der Waals surface area contributed by atoms with Crippen molar-refractivity contribution >= 4 is 17.5 Å². The molecule has 0 saturated carbocycles. The summed E-state index contributed by atoms with van der Waals surface area (Å²) in [5.74, 6) is 1.74. The fourth-order valence-corrected chi connectivity index (χ4v) is 2.36. The number of carbonyl (C=O) groups is 1. The van der Waals surface area contributed by atoms with E-state index in [9.17, 15) is 4.79 Å². The third-order valence-electron chi connectivity index (χ3n) is 3.37. The van der Waals surface area contributed by atoms with E-state index >= 15 is 0 Å². The highest BCUT2D eigenvalue weighted by molar-refractivity contribution is 5.78. The molecule has 0 aliphatic carbocycles. The molecule has 0 aliphatic rings. The second kappa shape index (κ2) is 8.44. The number of amides is 1. The zero-order chi connectivity index (χ0) is 15.8. The lowest BCUT2D eigenvalue weighted by molar-refractivity contribution is -0.123. The number of nitrogens with zero attached hydrogens (tertiary/aromatic N) is 3. The van der Waals surface area contributed by atoms with E-state index in [1.54, 1.807) is 13.4 Å². The van der Waals surface area contributed by atoms with Crippen LogP contribution in [-0.2, 0) is 11.2 Å². The van der Waals surface area contributed by atoms with Crippen molar-refractivity contribution in [2.45, 2.75) is 33.6 Å². The summed E-state index contributed by atoms with van der Waals surface area (Å²) < 4.78 is 0. The quantitative estimate of drug-likeness (QED) is 0.763. The molecule has 0 aromatic carbocycles. The average molecular weight is 293 g/mol. The van der Waals surface area contributed by atoms with Crippen LogP contribution in [0.25, 0.3) is 0 Å². The van der Waals surface area contributed by atoms with Gasteiger partial charge >= 0.3 is 0 Å². The molecule has 0 fully saturated rings. The molecule has 21 heavy (non-hydrogen) atoms. The minimum atomic E-state index is -0.0907. The summed E-state index contributed by atoms with van der Waals surface area (Å²) in [5.41, 5.74) is 1.12. The van der Waals surface area contributed by atoms with E-state index < -0.39 is 0 Å². The third-order valence-corrected chi connectivity index (χ3v) is 3.37. The first-order valence-corrected chi connectivity index (χ1v) is 7.55. The summed E-state index contributed by atoms with van der Waals surface area (Å²) in [6, 6.07) is 0. The molecule has 0 bridgehead atoms. The molecule has 0 saturated heterocycles. The van der Waals surface area contributed by atoms with E-state index in [1.165, 1.54) is 0 Å². The highest BCUT2D eigenvalue weighted by Gasteiger charge is 2.18. The lowest BCUT2D eigenvalue weighted by Gasteiger charge is -2.25. The first kappa shape index (κ1) is 17.2. The Morgan fingerprint density at radius 2 is 2.10 bits per heavy atom. The Kier molecular flexibility index (Phi) is 6.91. The van der Waals surface area contributed by atoms with Crippen molar-refractivity contribution in [1.29, 1.82) is 0 Å². The van der Waals surface area contributed by atoms with Gasteiger partial charge in [0.2, 0.25) is 5.91 Å². The zero-order valence-electron chi connectivity index (χ0n) is 13.7. The van der Waals surface area contributed by atoms with Gasteiger partial charge in [0, 0.05) is 32.7 Å². The summed E-state index contributed by atoms with van der Waals surface area (Å²) in [4.78, 5) is 22.5. The molecule has 6 nitrogen and oxygen atoms in total. The van der Waals surface area contributed by atoms with Crippen molar-refractivity contribution in [2.24, 2.45) is 5.92 Å². The van der Waals surface area contributed by atoms with Crippen molar-refractivity contribution in [3.8, 4) is 0 Å². The van der Waals surface area contributed by atoms with E-state index in [4.69, 9.17) is 0 Å². The summed E-state index contributed by atoms with van der Waals surface area (Å²) in [5, 5.41) is 5.97. The molecule has 0 spiro atoms. The maximum Gasteiger partial charge on any atom is 0.224 e. The molecule has 0 radical (unpaired) electrons. The molecule has 1 atom stereocenters. The smallest absolute Gasteiger partial charge is 0.224 e. The monoisotopic (exact) mass is 293 g/mol. The van der Waals surface area contributed by atoms with E-state index in [0.717, 1.165) is 36.6 Å². The van der Waals surface area contributed by atoms with Gasteiger partial charge in [0.25, 0.3) is 0 Å². The van der Waals surface area contributed by atoms with Gasteiger partial charge in [-0.25, -0.2) is 9.97 Å². The maximum absolute atomic E-state index is 11.7. The average Bonchev–Trinajstić information content (AvgIpc) is 2.48. The molecule has 118 valence electrons. The predicted octanol–water partition coefficient (Wildman–Crippen LogP) is 1.68. The Labute approximate surface area is 127 Å². The standard InChI is InChI=1S/C15H27N5O/c1-6-8-12-13(17-7-2)18-10-19-14(12)20(5)9-11(3)15(21)16-4/h10-11H,6-9H2,1-5H3,(H,16,21)(H,17,18,19). The molecule has 1 rings (SSSR count). The normalized spacial score (nSPS) is 11.9. The second-order valence-corrected chi connectivity index (χ2v) is 5.20. The summed E-state index contributed by atoms with van der Waals surface area (Å²) in [7, 11) is 3.63. The van der Waals surface area contributed by atoms with Crippen LogP contribution >= 0.6 is 0 Å². The SMILES string of the molecule is CCCc1c(NCC)ncnc1N(C)CC(C)C(=O)NC. The minimum Gasteiger partial charge on any atom is -0.370 e. The van der Waals surface area contributed by atoms with Gasteiger partial charge < -0.3 is 15.5 Å². The van der Waals surface area contributed by atoms with Crippen LogP contribution in [0.4, 0.5) is 11.6 Å². The molecule has 1 aromatic rings. The Balaban J connectivity index is 2.99. The minimum absolute atomic E-state index is 0.0415. The van der Waals surface area contributed by atoms with Crippen LogP contribution in [0.2, 0.25) is 0 Å². The van der Waals surface area contributed by atoms with E-state index in [-0.39, 0.29) is 11.8 Å². The molecular formula is C15H27N5O. The first-order valence-electron chi connectivity index (χ1n) is 7.55. The van der Waals surface area contributed by atoms with Crippen molar-refractivity contribution in [3.05, 3.63) is 11.9 Å². The van der Waals surface area contributed by atoms with Gasteiger partial charge in [-0.1, -0.05) is 20.3 Å². The van der Waals surface area contributed by atoms with Gasteiger partial charge in [-0.05, 0) is 13.3 Å². The molecule has 1 amide bonds. The van der Waals surface area contributed by atoms with E-state index in [1.807, 2.05) is 18.9 Å². The Hall–Kier alpha value is -1.85. The number of anilines is 2. The van der Waals surface area contributed by atoms with Crippen LogP contribution in [0.15, 0.2) is 6.33 Å². The fraction of sp³-hybridized carbons (Fsp3) is 0.667. The number of aromatic nitrogens is 2. The number of rotatable bonds is 8. The highest BCUT2D eigenvalue weighted by Crippen LogP contribution is 2.24. The van der Waals surface area contributed by atoms with E-state index in [0.29, 0.717) is 6.54 Å². The van der Waals surface area contributed by atoms with Gasteiger partial charge in [0.05, 0.1) is 5.92 Å². The highest BCUT2D eigenvalue weighted by atomic mass is 16.1. The lowest BCUT2D eigenvalue weighted by Crippen LogP contribution is -2.35. The molecule has 1 aromatic heterocycles. The summed E-state index contributed by atoms with van der Waals surface area (Å²) in [6.45, 7) is 7.56. The van der Waals surface area contributed by atoms with Crippen molar-refractivity contribution in [3.63, 3.8) is 0 Å². The Morgan fingerprint density at radius 1 is 1.38 bits per heavy atom. The van der Waals surface area contributed by atoms with Crippen LogP contribution in [0, 0.1) is 5.92 Å². The van der Waals surface area contributed by atoms with Crippen LogP contribution in [0.5, 0.6) is 0 Å². The van der Waals surface area contributed by atoms with Crippen LogP contribution in [0.1, 0.15) is 32.8 Å². The van der Waals surface area contributed by atoms with Crippen LogP contribution < -0.4 is 15.5 Å². The number of hydrogen-bond acceptors (Lipinski definition) is 5. The van der Waals surface area contributed by atoms with Gasteiger partial charge in [-0.3, -0.25) is 4.79 Å². The van der Waals surface area contributed by atoms with Crippen molar-refractivity contribution < 1.29 is 4.79 Å². The largest absolute Gasteiger partial charge is 0.370 e. The van der Waals surface area contributed by atoms with Crippen molar-refractivity contribution in [2.75, 3.05) is 37.4 Å². The fourth-order valence-electron chi connectivity index (χ4n) is 2.36. The first-order chi connectivity index (χ1) is 10.0. The Morgan fingerprint density at radius 3 is 2.67 bits per heavy atom. The number of carbonyl (C=O) groups excluding carboxylic acids is 1. The molecule has 0 aliphatic heterocycles. The van der Waals surface area contributed by atoms with Gasteiger partial charge in [0.15, 0.2) is 0 Å². The number of hydrogen-bond donors (Lipinski definition) is 2.